The Balaban J connectivity index is 1.33. The first-order valence-corrected chi connectivity index (χ1v) is 12.5. The van der Waals surface area contributed by atoms with E-state index >= 15 is 0 Å². The molecule has 2 atom stereocenters. The molecule has 0 spiro atoms. The Morgan fingerprint density at radius 1 is 0.889 bits per heavy atom. The molecule has 0 amide bonds. The fourth-order valence-corrected chi connectivity index (χ4v) is 5.17. The van der Waals surface area contributed by atoms with Gasteiger partial charge in [-0.25, -0.2) is 9.18 Å². The van der Waals surface area contributed by atoms with Gasteiger partial charge in [0.2, 0.25) is 0 Å². The van der Waals surface area contributed by atoms with E-state index in [1.807, 2.05) is 18.2 Å². The summed E-state index contributed by atoms with van der Waals surface area (Å²) in [6, 6.07) is 20.5. The number of esters is 1. The lowest BCUT2D eigenvalue weighted by atomic mass is 9.89. The van der Waals surface area contributed by atoms with Crippen LogP contribution in [0.1, 0.15) is 58.5 Å². The predicted octanol–water partition coefficient (Wildman–Crippen LogP) is 8.28. The third-order valence-electron chi connectivity index (χ3n) is 7.17. The van der Waals surface area contributed by atoms with Crippen LogP contribution in [-0.4, -0.2) is 12.6 Å². The lowest BCUT2D eigenvalue weighted by molar-refractivity contribution is -0.0124. The summed E-state index contributed by atoms with van der Waals surface area (Å²) in [4.78, 5) is 12.8. The fraction of sp³-hybridized carbons (Fsp3) is 0.281. The summed E-state index contributed by atoms with van der Waals surface area (Å²) in [6.07, 6.45) is 2.42. The van der Waals surface area contributed by atoms with Gasteiger partial charge in [-0.05, 0) is 109 Å². The number of benzene rings is 4. The van der Waals surface area contributed by atoms with Crippen molar-refractivity contribution in [1.29, 1.82) is 0 Å². The quantitative estimate of drug-likeness (QED) is 0.217. The number of hydrogen-bond donors (Lipinski definition) is 0. The minimum Gasteiger partial charge on any atom is -0.423 e. The van der Waals surface area contributed by atoms with Crippen LogP contribution in [0.25, 0.3) is 21.9 Å². The van der Waals surface area contributed by atoms with Crippen LogP contribution in [0.2, 0.25) is 0 Å². The molecule has 3 nitrogen and oxygen atoms in total. The molecule has 4 aromatic carbocycles. The highest BCUT2D eigenvalue weighted by Crippen LogP contribution is 2.35. The van der Waals surface area contributed by atoms with Gasteiger partial charge in [-0.1, -0.05) is 43.3 Å². The number of carbonyl (C=O) groups excluding carboxylic acids is 1. The Kier molecular flexibility index (Phi) is 6.63. The standard InChI is InChI=1S/C32H31FO3/c1-19-5-14-29(35-18-19)26-15-21(3)30(22(4)16-26)23-8-10-24(11-9-23)32(34)36-27-12-13-28-25(17-27)7-6-20(2)31(28)33/h6-13,15-17,19,29H,5,14,18H2,1-4H3. The third-order valence-corrected chi connectivity index (χ3v) is 7.17. The predicted molar refractivity (Wildman–Crippen MR) is 142 cm³/mol. The molecular weight excluding hydrogens is 451 g/mol. The van der Waals surface area contributed by atoms with E-state index in [2.05, 4.69) is 32.9 Å². The molecule has 0 aliphatic carbocycles. The molecule has 1 fully saturated rings. The molecule has 1 aliphatic rings. The Hall–Kier alpha value is -3.50. The summed E-state index contributed by atoms with van der Waals surface area (Å²) in [5.41, 5.74) is 6.92. The van der Waals surface area contributed by atoms with E-state index in [9.17, 15) is 9.18 Å². The Labute approximate surface area is 211 Å². The summed E-state index contributed by atoms with van der Waals surface area (Å²) < 4.78 is 26.0. The molecule has 4 aromatic rings. The molecule has 0 N–H and O–H groups in total. The number of fused-ring (bicyclic) bond motifs is 1. The molecule has 0 bridgehead atoms. The zero-order valence-electron chi connectivity index (χ0n) is 21.2. The van der Waals surface area contributed by atoms with Gasteiger partial charge in [0.1, 0.15) is 11.6 Å². The van der Waals surface area contributed by atoms with E-state index in [0.717, 1.165) is 18.6 Å². The van der Waals surface area contributed by atoms with Gasteiger partial charge in [0, 0.05) is 12.0 Å². The van der Waals surface area contributed by atoms with E-state index < -0.39 is 5.97 Å². The van der Waals surface area contributed by atoms with Crippen LogP contribution in [0.4, 0.5) is 4.39 Å². The van der Waals surface area contributed by atoms with Crippen LogP contribution in [0.5, 0.6) is 5.75 Å². The van der Waals surface area contributed by atoms with Crippen molar-refractivity contribution in [2.24, 2.45) is 5.92 Å². The molecule has 0 radical (unpaired) electrons. The van der Waals surface area contributed by atoms with E-state index in [-0.39, 0.29) is 11.9 Å². The normalized spacial score (nSPS) is 17.8. The van der Waals surface area contributed by atoms with Crippen LogP contribution in [0.3, 0.4) is 0 Å². The lowest BCUT2D eigenvalue weighted by Gasteiger charge is -2.28. The minimum atomic E-state index is -0.444. The van der Waals surface area contributed by atoms with Crippen LogP contribution in [0.15, 0.2) is 66.7 Å². The molecule has 0 aromatic heterocycles. The smallest absolute Gasteiger partial charge is 0.343 e. The summed E-state index contributed by atoms with van der Waals surface area (Å²) >= 11 is 0. The monoisotopic (exact) mass is 482 g/mol. The van der Waals surface area contributed by atoms with Crippen LogP contribution in [0, 0.1) is 32.5 Å². The van der Waals surface area contributed by atoms with Gasteiger partial charge in [0.15, 0.2) is 0 Å². The Morgan fingerprint density at radius 3 is 2.28 bits per heavy atom. The van der Waals surface area contributed by atoms with Gasteiger partial charge in [0.25, 0.3) is 0 Å². The van der Waals surface area contributed by atoms with Crippen molar-refractivity contribution < 1.29 is 18.7 Å². The van der Waals surface area contributed by atoms with Gasteiger partial charge in [-0.2, -0.15) is 0 Å². The maximum Gasteiger partial charge on any atom is 0.343 e. The number of rotatable bonds is 4. The van der Waals surface area contributed by atoms with Gasteiger partial charge >= 0.3 is 5.97 Å². The molecule has 4 heteroatoms. The third kappa shape index (κ3) is 4.78. The highest BCUT2D eigenvalue weighted by atomic mass is 19.1. The second-order valence-electron chi connectivity index (χ2n) is 10.1. The second-order valence-corrected chi connectivity index (χ2v) is 10.1. The van der Waals surface area contributed by atoms with Crippen molar-refractivity contribution in [2.45, 2.75) is 46.6 Å². The Morgan fingerprint density at radius 2 is 1.61 bits per heavy atom. The van der Waals surface area contributed by atoms with Crippen molar-refractivity contribution in [2.75, 3.05) is 6.61 Å². The second kappa shape index (κ2) is 9.87. The molecule has 184 valence electrons. The van der Waals surface area contributed by atoms with Crippen molar-refractivity contribution in [1.82, 2.24) is 0 Å². The average Bonchev–Trinajstić information content (AvgIpc) is 2.87. The topological polar surface area (TPSA) is 35.5 Å². The van der Waals surface area contributed by atoms with Crippen molar-refractivity contribution >= 4 is 16.7 Å². The molecule has 0 saturated carbocycles. The SMILES string of the molecule is Cc1cc(C2CCC(C)CO2)cc(C)c1-c1ccc(C(=O)Oc2ccc3c(F)c(C)ccc3c2)cc1. The zero-order chi connectivity index (χ0) is 25.4. The van der Waals surface area contributed by atoms with E-state index in [1.54, 1.807) is 43.3 Å². The van der Waals surface area contributed by atoms with E-state index in [1.165, 1.54) is 28.7 Å². The molecule has 1 heterocycles. The molecule has 2 unspecified atom stereocenters. The molecule has 1 aliphatic heterocycles. The van der Waals surface area contributed by atoms with Crippen LogP contribution < -0.4 is 4.74 Å². The first kappa shape index (κ1) is 24.2. The number of hydrogen-bond acceptors (Lipinski definition) is 3. The highest BCUT2D eigenvalue weighted by Gasteiger charge is 2.22. The summed E-state index contributed by atoms with van der Waals surface area (Å²) in [5, 5.41) is 1.21. The van der Waals surface area contributed by atoms with Crippen molar-refractivity contribution in [3.8, 4) is 16.9 Å². The first-order valence-electron chi connectivity index (χ1n) is 12.5. The Bertz CT molecular complexity index is 1410. The maximum atomic E-state index is 14.3. The van der Waals surface area contributed by atoms with E-state index in [4.69, 9.17) is 9.47 Å². The number of aryl methyl sites for hydroxylation is 3. The molecule has 1 saturated heterocycles. The van der Waals surface area contributed by atoms with Gasteiger partial charge in [0.05, 0.1) is 11.7 Å². The van der Waals surface area contributed by atoms with Gasteiger partial charge in [-0.3, -0.25) is 0 Å². The fourth-order valence-electron chi connectivity index (χ4n) is 5.17. The number of ether oxygens (including phenoxy) is 2. The summed E-state index contributed by atoms with van der Waals surface area (Å²) in [7, 11) is 0. The van der Waals surface area contributed by atoms with Gasteiger partial charge < -0.3 is 9.47 Å². The zero-order valence-corrected chi connectivity index (χ0v) is 21.2. The summed E-state index contributed by atoms with van der Waals surface area (Å²) in [6.45, 7) is 9.04. The number of halogens is 1. The first-order chi connectivity index (χ1) is 17.3. The minimum absolute atomic E-state index is 0.167. The van der Waals surface area contributed by atoms with Gasteiger partial charge in [-0.15, -0.1) is 0 Å². The molecule has 36 heavy (non-hydrogen) atoms. The average molecular weight is 483 g/mol. The van der Waals surface area contributed by atoms with Crippen molar-refractivity contribution in [3.63, 3.8) is 0 Å². The molecule has 5 rings (SSSR count). The maximum absolute atomic E-state index is 14.3. The highest BCUT2D eigenvalue weighted by molar-refractivity contribution is 5.93. The summed E-state index contributed by atoms with van der Waals surface area (Å²) in [5.74, 6) is 0.323. The van der Waals surface area contributed by atoms with Crippen molar-refractivity contribution in [3.05, 3.63) is 100 Å². The largest absolute Gasteiger partial charge is 0.423 e. The number of carbonyl (C=O) groups is 1. The lowest BCUT2D eigenvalue weighted by Crippen LogP contribution is -2.18. The van der Waals surface area contributed by atoms with E-state index in [0.29, 0.717) is 33.6 Å². The van der Waals surface area contributed by atoms with Crippen LogP contribution >= 0.6 is 0 Å². The molecular formula is C32H31FO3. The van der Waals surface area contributed by atoms with Crippen LogP contribution in [-0.2, 0) is 4.74 Å².